The second kappa shape index (κ2) is 13.1. The highest BCUT2D eigenvalue weighted by molar-refractivity contribution is 7.91. The molecule has 0 bridgehead atoms. The first-order valence-electron chi connectivity index (χ1n) is 13.9. The molecule has 7 nitrogen and oxygen atoms in total. The monoisotopic (exact) mass is 681 g/mol. The van der Waals surface area contributed by atoms with E-state index in [0.717, 1.165) is 12.1 Å². The standard InChI is InChI=1S/C29H33Cl3F3N3O4S/c1-17(2)36(3)22-6-9-25(18(12-22)16-43(41,42)24-7-4-19(30)5-8-24)37-11-10-26(27(37)39)38(28(40)29(33,34)35)23-14-20(31)13-21(32)15-23/h4-5,7-8,13-15,17-18,22,25-26H,6,9-12,16H2,1-3H3/t18-,22-,25+,26+/m1/s1. The van der Waals surface area contributed by atoms with E-state index in [9.17, 15) is 31.2 Å². The Hall–Kier alpha value is -2.05. The van der Waals surface area contributed by atoms with E-state index in [1.165, 1.54) is 35.2 Å². The minimum atomic E-state index is -5.27. The average Bonchev–Trinajstić information content (AvgIpc) is 3.27. The number of nitrogens with zero attached hydrogens (tertiary/aromatic N) is 3. The van der Waals surface area contributed by atoms with Gasteiger partial charge in [-0.3, -0.25) is 14.5 Å². The van der Waals surface area contributed by atoms with Crippen LogP contribution in [0, 0.1) is 5.92 Å². The van der Waals surface area contributed by atoms with Gasteiger partial charge in [0, 0.05) is 45.4 Å². The number of hydrogen-bond donors (Lipinski definition) is 0. The minimum Gasteiger partial charge on any atom is -0.338 e. The lowest BCUT2D eigenvalue weighted by Crippen LogP contribution is -2.55. The van der Waals surface area contributed by atoms with Crippen LogP contribution in [0.25, 0.3) is 0 Å². The van der Waals surface area contributed by atoms with Crippen molar-refractivity contribution in [3.63, 3.8) is 0 Å². The van der Waals surface area contributed by atoms with Crippen molar-refractivity contribution in [1.29, 1.82) is 0 Å². The Morgan fingerprint density at radius 1 is 1.00 bits per heavy atom. The fraction of sp³-hybridized carbons (Fsp3) is 0.517. The number of carbonyl (C=O) groups is 2. The van der Waals surface area contributed by atoms with Crippen LogP contribution in [0.3, 0.4) is 0 Å². The van der Waals surface area contributed by atoms with E-state index < -0.39 is 45.8 Å². The Kier molecular flexibility index (Phi) is 10.3. The molecule has 2 aromatic carbocycles. The normalized spacial score (nSPS) is 23.3. The molecule has 43 heavy (non-hydrogen) atoms. The smallest absolute Gasteiger partial charge is 0.338 e. The summed E-state index contributed by atoms with van der Waals surface area (Å²) in [5, 5.41) is 0.399. The van der Waals surface area contributed by atoms with E-state index >= 15 is 0 Å². The highest BCUT2D eigenvalue weighted by Crippen LogP contribution is 2.39. The van der Waals surface area contributed by atoms with Crippen molar-refractivity contribution in [1.82, 2.24) is 9.80 Å². The summed E-state index contributed by atoms with van der Waals surface area (Å²) in [4.78, 5) is 30.7. The molecule has 4 atom stereocenters. The highest BCUT2D eigenvalue weighted by atomic mass is 35.5. The summed E-state index contributed by atoms with van der Waals surface area (Å²) in [5.74, 6) is -3.65. The molecule has 4 rings (SSSR count). The molecule has 2 aliphatic rings. The first-order valence-corrected chi connectivity index (χ1v) is 16.7. The summed E-state index contributed by atoms with van der Waals surface area (Å²) in [7, 11) is -1.83. The maximum absolute atomic E-state index is 13.9. The molecule has 0 aromatic heterocycles. The van der Waals surface area contributed by atoms with Crippen LogP contribution in [0.15, 0.2) is 47.4 Å². The van der Waals surface area contributed by atoms with E-state index in [4.69, 9.17) is 34.8 Å². The number of rotatable bonds is 8. The van der Waals surface area contributed by atoms with Crippen LogP contribution in [-0.4, -0.2) is 79.7 Å². The fourth-order valence-corrected chi connectivity index (χ4v) is 8.44. The molecular weight excluding hydrogens is 650 g/mol. The van der Waals surface area contributed by atoms with Gasteiger partial charge in [-0.15, -0.1) is 0 Å². The molecule has 1 heterocycles. The zero-order chi connectivity index (χ0) is 31.9. The van der Waals surface area contributed by atoms with Gasteiger partial charge < -0.3 is 9.80 Å². The molecule has 1 aliphatic heterocycles. The maximum Gasteiger partial charge on any atom is 0.471 e. The number of halogens is 6. The van der Waals surface area contributed by atoms with Crippen molar-refractivity contribution >= 4 is 62.1 Å². The maximum atomic E-state index is 13.9. The molecule has 2 amide bonds. The van der Waals surface area contributed by atoms with Crippen molar-refractivity contribution in [2.24, 2.45) is 5.92 Å². The van der Waals surface area contributed by atoms with Crippen LogP contribution >= 0.6 is 34.8 Å². The number of sulfone groups is 1. The van der Waals surface area contributed by atoms with Gasteiger partial charge in [-0.05, 0) is 95.0 Å². The summed E-state index contributed by atoms with van der Waals surface area (Å²) in [6.07, 6.45) is -3.75. The molecule has 2 fully saturated rings. The minimum absolute atomic E-state index is 0.00448. The lowest BCUT2D eigenvalue weighted by Gasteiger charge is -2.44. The van der Waals surface area contributed by atoms with Crippen molar-refractivity contribution in [3.05, 3.63) is 57.5 Å². The molecule has 14 heteroatoms. The van der Waals surface area contributed by atoms with E-state index in [1.807, 2.05) is 20.9 Å². The summed E-state index contributed by atoms with van der Waals surface area (Å²) < 4.78 is 68.4. The number of alkyl halides is 3. The number of anilines is 1. The van der Waals surface area contributed by atoms with Crippen LogP contribution in [0.5, 0.6) is 0 Å². The van der Waals surface area contributed by atoms with Crippen LogP contribution in [0.4, 0.5) is 18.9 Å². The van der Waals surface area contributed by atoms with Crippen molar-refractivity contribution in [2.75, 3.05) is 24.2 Å². The van der Waals surface area contributed by atoms with Crippen molar-refractivity contribution in [3.8, 4) is 0 Å². The van der Waals surface area contributed by atoms with E-state index in [0.29, 0.717) is 29.2 Å². The van der Waals surface area contributed by atoms with E-state index in [-0.39, 0.29) is 51.4 Å². The third kappa shape index (κ3) is 7.61. The number of carbonyl (C=O) groups excluding carboxylic acids is 2. The predicted octanol–water partition coefficient (Wildman–Crippen LogP) is 6.49. The molecule has 236 valence electrons. The van der Waals surface area contributed by atoms with Crippen LogP contribution < -0.4 is 4.90 Å². The molecule has 0 radical (unpaired) electrons. The second-order valence-electron chi connectivity index (χ2n) is 11.4. The SMILES string of the molecule is CC(C)N(C)[C@@H]1CC[C@H](N2CC[C@H](N(C(=O)C(F)(F)F)c3cc(Cl)cc(Cl)c3)C2=O)[C@@H](CS(=O)(=O)c2ccc(Cl)cc2)C1. The molecule has 2 aromatic rings. The zero-order valence-corrected chi connectivity index (χ0v) is 26.9. The fourth-order valence-electron chi connectivity index (χ4n) is 6.13. The largest absolute Gasteiger partial charge is 0.471 e. The predicted molar refractivity (Wildman–Crippen MR) is 161 cm³/mol. The van der Waals surface area contributed by atoms with Gasteiger partial charge in [0.1, 0.15) is 6.04 Å². The van der Waals surface area contributed by atoms with Crippen LogP contribution in [-0.2, 0) is 19.4 Å². The van der Waals surface area contributed by atoms with E-state index in [1.54, 1.807) is 0 Å². The van der Waals surface area contributed by atoms with Crippen molar-refractivity contribution in [2.45, 2.75) is 74.8 Å². The van der Waals surface area contributed by atoms with Crippen LogP contribution in [0.2, 0.25) is 15.1 Å². The van der Waals surface area contributed by atoms with Gasteiger partial charge in [-0.2, -0.15) is 13.2 Å². The molecular formula is C29H33Cl3F3N3O4S. The van der Waals surface area contributed by atoms with Gasteiger partial charge in [-0.1, -0.05) is 34.8 Å². The van der Waals surface area contributed by atoms with Gasteiger partial charge in [0.15, 0.2) is 9.84 Å². The average molecular weight is 683 g/mol. The van der Waals surface area contributed by atoms with Crippen molar-refractivity contribution < 1.29 is 31.2 Å². The lowest BCUT2D eigenvalue weighted by atomic mass is 9.81. The number of amides is 2. The zero-order valence-electron chi connectivity index (χ0n) is 23.8. The highest BCUT2D eigenvalue weighted by Gasteiger charge is 2.51. The summed E-state index contributed by atoms with van der Waals surface area (Å²) in [6.45, 7) is 4.13. The lowest BCUT2D eigenvalue weighted by molar-refractivity contribution is -0.171. The Balaban J connectivity index is 1.67. The molecule has 1 aliphatic carbocycles. The van der Waals surface area contributed by atoms with E-state index in [2.05, 4.69) is 4.90 Å². The van der Waals surface area contributed by atoms with Gasteiger partial charge in [0.2, 0.25) is 5.91 Å². The first-order chi connectivity index (χ1) is 20.0. The number of likely N-dealkylation sites (tertiary alicyclic amines) is 1. The topological polar surface area (TPSA) is 78.0 Å². The third-order valence-electron chi connectivity index (χ3n) is 8.42. The number of hydrogen-bond acceptors (Lipinski definition) is 5. The Morgan fingerprint density at radius 3 is 2.16 bits per heavy atom. The Labute approximate surface area is 264 Å². The quantitative estimate of drug-likeness (QED) is 0.318. The number of benzene rings is 2. The van der Waals surface area contributed by atoms with Gasteiger partial charge >= 0.3 is 12.1 Å². The Bertz CT molecular complexity index is 1440. The molecule has 0 spiro atoms. The molecule has 0 unspecified atom stereocenters. The first kappa shape index (κ1) is 33.8. The third-order valence-corrected chi connectivity index (χ3v) is 11.0. The molecule has 0 N–H and O–H groups in total. The molecule has 1 saturated heterocycles. The summed E-state index contributed by atoms with van der Waals surface area (Å²) in [5.41, 5.74) is -0.246. The van der Waals surface area contributed by atoms with Crippen LogP contribution in [0.1, 0.15) is 39.5 Å². The van der Waals surface area contributed by atoms with Gasteiger partial charge in [-0.25, -0.2) is 8.42 Å². The van der Waals surface area contributed by atoms with Gasteiger partial charge in [0.25, 0.3) is 0 Å². The Morgan fingerprint density at radius 2 is 1.60 bits per heavy atom. The van der Waals surface area contributed by atoms with Gasteiger partial charge in [0.05, 0.1) is 10.6 Å². The molecule has 1 saturated carbocycles. The summed E-state index contributed by atoms with van der Waals surface area (Å²) in [6, 6.07) is 7.69. The second-order valence-corrected chi connectivity index (χ2v) is 14.8. The summed E-state index contributed by atoms with van der Waals surface area (Å²) >= 11 is 18.0.